The summed E-state index contributed by atoms with van der Waals surface area (Å²) in [4.78, 5) is 0. The Labute approximate surface area is 110 Å². The summed E-state index contributed by atoms with van der Waals surface area (Å²) >= 11 is 0. The summed E-state index contributed by atoms with van der Waals surface area (Å²) in [6.07, 6.45) is 5.34. The van der Waals surface area contributed by atoms with Crippen LogP contribution in [0, 0.1) is 0 Å². The van der Waals surface area contributed by atoms with Crippen molar-refractivity contribution >= 4 is 19.0 Å². The molecule has 0 atom stereocenters. The minimum atomic E-state index is -0.856. The van der Waals surface area contributed by atoms with Crippen molar-refractivity contribution in [1.82, 2.24) is 0 Å². The van der Waals surface area contributed by atoms with Crippen LogP contribution >= 0.6 is 0 Å². The molecule has 0 heterocycles. The number of hydrogen-bond donors (Lipinski definition) is 1. The molecule has 0 fully saturated rings. The SMILES string of the molecule is CC(C)(O)C(C)(C)OBc1ccc2c(c1)CC=C2. The number of fused-ring (bicyclic) bond motifs is 1. The van der Waals surface area contributed by atoms with Crippen molar-refractivity contribution in [2.24, 2.45) is 0 Å². The molecule has 1 aliphatic carbocycles. The van der Waals surface area contributed by atoms with Crippen molar-refractivity contribution in [3.8, 4) is 0 Å². The number of hydrogen-bond acceptors (Lipinski definition) is 2. The predicted molar refractivity (Wildman–Crippen MR) is 77.4 cm³/mol. The van der Waals surface area contributed by atoms with Crippen molar-refractivity contribution in [2.45, 2.75) is 45.3 Å². The van der Waals surface area contributed by atoms with Gasteiger partial charge >= 0.3 is 7.48 Å². The lowest BCUT2D eigenvalue weighted by atomic mass is 9.81. The fourth-order valence-electron chi connectivity index (χ4n) is 1.84. The van der Waals surface area contributed by atoms with Crippen LogP contribution in [0.4, 0.5) is 0 Å². The molecule has 0 radical (unpaired) electrons. The molecule has 0 amide bonds. The zero-order valence-corrected chi connectivity index (χ0v) is 11.7. The van der Waals surface area contributed by atoms with Crippen molar-refractivity contribution in [3.63, 3.8) is 0 Å². The first-order valence-electron chi connectivity index (χ1n) is 6.44. The van der Waals surface area contributed by atoms with E-state index in [4.69, 9.17) is 4.65 Å². The molecule has 1 N–H and O–H groups in total. The van der Waals surface area contributed by atoms with E-state index in [2.05, 4.69) is 30.4 Å². The predicted octanol–water partition coefficient (Wildman–Crippen LogP) is 1.80. The molecule has 0 saturated carbocycles. The van der Waals surface area contributed by atoms with Gasteiger partial charge in [0.2, 0.25) is 0 Å². The Morgan fingerprint density at radius 3 is 2.61 bits per heavy atom. The summed E-state index contributed by atoms with van der Waals surface area (Å²) in [7, 11) is 0.532. The molecular formula is C15H21BO2. The van der Waals surface area contributed by atoms with Gasteiger partial charge in [0.25, 0.3) is 0 Å². The number of aliphatic hydroxyl groups is 1. The standard InChI is InChI=1S/C15H21BO2/c1-14(2,17)15(3,4)18-16-13-9-8-11-6-5-7-12(11)10-13/h5-6,8-10,16-17H,7H2,1-4H3. The first-order chi connectivity index (χ1) is 8.29. The Morgan fingerprint density at radius 1 is 1.22 bits per heavy atom. The minimum Gasteiger partial charge on any atom is -0.427 e. The summed E-state index contributed by atoms with van der Waals surface area (Å²) in [5, 5.41) is 10.0. The molecule has 0 aromatic heterocycles. The molecule has 0 unspecified atom stereocenters. The molecule has 0 saturated heterocycles. The zero-order valence-electron chi connectivity index (χ0n) is 11.7. The van der Waals surface area contributed by atoms with Gasteiger partial charge in [-0.1, -0.05) is 35.8 Å². The van der Waals surface area contributed by atoms with Crippen molar-refractivity contribution in [1.29, 1.82) is 0 Å². The van der Waals surface area contributed by atoms with Gasteiger partial charge in [-0.15, -0.1) is 0 Å². The summed E-state index contributed by atoms with van der Waals surface area (Å²) in [5.74, 6) is 0. The Kier molecular flexibility index (Phi) is 3.39. The Hall–Kier alpha value is -1.06. The van der Waals surface area contributed by atoms with Crippen LogP contribution in [0.15, 0.2) is 24.3 Å². The third kappa shape index (κ3) is 2.68. The quantitative estimate of drug-likeness (QED) is 0.818. The molecule has 1 aromatic rings. The molecule has 0 aliphatic heterocycles. The molecule has 96 valence electrons. The third-order valence-electron chi connectivity index (χ3n) is 3.92. The highest BCUT2D eigenvalue weighted by atomic mass is 16.5. The van der Waals surface area contributed by atoms with E-state index in [1.807, 2.05) is 13.8 Å². The van der Waals surface area contributed by atoms with E-state index < -0.39 is 11.2 Å². The van der Waals surface area contributed by atoms with Crippen molar-refractivity contribution in [3.05, 3.63) is 35.4 Å². The molecule has 18 heavy (non-hydrogen) atoms. The van der Waals surface area contributed by atoms with Gasteiger partial charge in [0.05, 0.1) is 11.2 Å². The van der Waals surface area contributed by atoms with Crippen molar-refractivity contribution < 1.29 is 9.76 Å². The summed E-state index contributed by atoms with van der Waals surface area (Å²) in [6, 6.07) is 6.42. The van der Waals surface area contributed by atoms with Gasteiger partial charge < -0.3 is 9.76 Å². The van der Waals surface area contributed by atoms with Crippen LogP contribution in [0.2, 0.25) is 0 Å². The smallest absolute Gasteiger partial charge is 0.309 e. The second kappa shape index (κ2) is 4.56. The highest BCUT2D eigenvalue weighted by Gasteiger charge is 2.35. The average molecular weight is 244 g/mol. The van der Waals surface area contributed by atoms with Crippen LogP contribution in [-0.2, 0) is 11.1 Å². The van der Waals surface area contributed by atoms with E-state index >= 15 is 0 Å². The van der Waals surface area contributed by atoms with Gasteiger partial charge in [0.15, 0.2) is 0 Å². The summed E-state index contributed by atoms with van der Waals surface area (Å²) in [5.41, 5.74) is 2.41. The zero-order chi connectivity index (χ0) is 13.4. The summed E-state index contributed by atoms with van der Waals surface area (Å²) < 4.78 is 5.87. The van der Waals surface area contributed by atoms with Crippen molar-refractivity contribution in [2.75, 3.05) is 0 Å². The fraction of sp³-hybridized carbons (Fsp3) is 0.467. The van der Waals surface area contributed by atoms with Gasteiger partial charge in [-0.25, -0.2) is 0 Å². The molecule has 2 nitrogen and oxygen atoms in total. The van der Waals surface area contributed by atoms with Crippen LogP contribution in [0.25, 0.3) is 6.08 Å². The van der Waals surface area contributed by atoms with E-state index in [-0.39, 0.29) is 0 Å². The topological polar surface area (TPSA) is 29.5 Å². The largest absolute Gasteiger partial charge is 0.427 e. The second-order valence-electron chi connectivity index (χ2n) is 6.00. The maximum Gasteiger partial charge on any atom is 0.309 e. The lowest BCUT2D eigenvalue weighted by Crippen LogP contribution is -2.49. The highest BCUT2D eigenvalue weighted by molar-refractivity contribution is 6.47. The van der Waals surface area contributed by atoms with E-state index in [1.54, 1.807) is 13.8 Å². The van der Waals surface area contributed by atoms with Crippen LogP contribution in [0.3, 0.4) is 0 Å². The Balaban J connectivity index is 2.04. The van der Waals surface area contributed by atoms with Crippen LogP contribution in [0.1, 0.15) is 38.8 Å². The van der Waals surface area contributed by atoms with Crippen LogP contribution < -0.4 is 5.46 Å². The minimum absolute atomic E-state index is 0.532. The lowest BCUT2D eigenvalue weighted by molar-refractivity contribution is -0.0893. The first kappa shape index (κ1) is 13.4. The van der Waals surface area contributed by atoms with Gasteiger partial charge in [-0.3, -0.25) is 0 Å². The van der Waals surface area contributed by atoms with E-state index in [0.717, 1.165) is 11.9 Å². The van der Waals surface area contributed by atoms with E-state index in [1.165, 1.54) is 11.1 Å². The monoisotopic (exact) mass is 244 g/mol. The van der Waals surface area contributed by atoms with E-state index in [9.17, 15) is 5.11 Å². The van der Waals surface area contributed by atoms with Gasteiger partial charge in [0, 0.05) is 0 Å². The number of benzene rings is 1. The maximum absolute atomic E-state index is 10.0. The Bertz CT molecular complexity index is 470. The van der Waals surface area contributed by atoms with Gasteiger partial charge in [0.1, 0.15) is 0 Å². The molecule has 0 spiro atoms. The molecule has 1 aliphatic rings. The van der Waals surface area contributed by atoms with E-state index in [0.29, 0.717) is 7.48 Å². The molecular weight excluding hydrogens is 223 g/mol. The first-order valence-corrected chi connectivity index (χ1v) is 6.44. The molecule has 3 heteroatoms. The van der Waals surface area contributed by atoms with Crippen LogP contribution in [-0.4, -0.2) is 23.8 Å². The lowest BCUT2D eigenvalue weighted by Gasteiger charge is -2.37. The maximum atomic E-state index is 10.0. The normalized spacial score (nSPS) is 14.7. The molecule has 2 rings (SSSR count). The summed E-state index contributed by atoms with van der Waals surface area (Å²) in [6.45, 7) is 7.39. The van der Waals surface area contributed by atoms with Crippen LogP contribution in [0.5, 0.6) is 0 Å². The third-order valence-corrected chi connectivity index (χ3v) is 3.92. The number of rotatable bonds is 4. The number of allylic oxidation sites excluding steroid dienone is 1. The average Bonchev–Trinajstić information content (AvgIpc) is 2.71. The molecule has 0 bridgehead atoms. The Morgan fingerprint density at radius 2 is 1.94 bits per heavy atom. The second-order valence-corrected chi connectivity index (χ2v) is 6.00. The highest BCUT2D eigenvalue weighted by Crippen LogP contribution is 2.24. The fourth-order valence-corrected chi connectivity index (χ4v) is 1.84. The molecule has 1 aromatic carbocycles. The van der Waals surface area contributed by atoms with Gasteiger partial charge in [-0.05, 0) is 45.2 Å². The van der Waals surface area contributed by atoms with Gasteiger partial charge in [-0.2, -0.15) is 0 Å².